The highest BCUT2D eigenvalue weighted by Gasteiger charge is 2.20. The van der Waals surface area contributed by atoms with Gasteiger partial charge in [-0.3, -0.25) is 0 Å². The number of hydrogen-bond donors (Lipinski definition) is 1. The molecule has 0 radical (unpaired) electrons. The molecule has 1 atom stereocenters. The van der Waals surface area contributed by atoms with Gasteiger partial charge in [0.1, 0.15) is 0 Å². The van der Waals surface area contributed by atoms with E-state index in [0.717, 1.165) is 19.5 Å². The van der Waals surface area contributed by atoms with Gasteiger partial charge in [-0.25, -0.2) is 9.37 Å². The molecule has 4 nitrogen and oxygen atoms in total. The van der Waals surface area contributed by atoms with E-state index >= 15 is 0 Å². The van der Waals surface area contributed by atoms with E-state index in [4.69, 9.17) is 4.74 Å². The zero-order valence-electron chi connectivity index (χ0n) is 11.0. The molecule has 106 valence electrons. The van der Waals surface area contributed by atoms with Crippen molar-refractivity contribution in [3.05, 3.63) is 22.6 Å². The van der Waals surface area contributed by atoms with Crippen LogP contribution in [0.1, 0.15) is 12.8 Å². The van der Waals surface area contributed by atoms with Crippen molar-refractivity contribution in [3.63, 3.8) is 0 Å². The molecule has 2 rings (SSSR count). The Morgan fingerprint density at radius 3 is 3.11 bits per heavy atom. The SMILES string of the molecule is COCCN(CC1CCCN1)c1ncc(Br)cc1F. The van der Waals surface area contributed by atoms with Crippen LogP contribution in [0.5, 0.6) is 0 Å². The van der Waals surface area contributed by atoms with Crippen LogP contribution in [0.2, 0.25) is 0 Å². The first-order chi connectivity index (χ1) is 9.20. The molecule has 1 aromatic rings. The molecule has 1 N–H and O–H groups in total. The molecule has 6 heteroatoms. The molecule has 1 aliphatic rings. The van der Waals surface area contributed by atoms with E-state index in [0.29, 0.717) is 29.5 Å². The van der Waals surface area contributed by atoms with Gasteiger partial charge < -0.3 is 15.0 Å². The molecular formula is C13H19BrFN3O. The third-order valence-electron chi connectivity index (χ3n) is 3.26. The second-order valence-corrected chi connectivity index (χ2v) is 5.61. The summed E-state index contributed by atoms with van der Waals surface area (Å²) in [5, 5.41) is 3.42. The van der Waals surface area contributed by atoms with E-state index in [1.165, 1.54) is 12.5 Å². The van der Waals surface area contributed by atoms with Crippen LogP contribution in [-0.4, -0.2) is 44.4 Å². The third kappa shape index (κ3) is 4.12. The molecule has 0 aromatic carbocycles. The van der Waals surface area contributed by atoms with Gasteiger partial charge in [0.05, 0.1) is 6.61 Å². The summed E-state index contributed by atoms with van der Waals surface area (Å²) in [6.45, 7) is 3.00. The van der Waals surface area contributed by atoms with Crippen molar-refractivity contribution in [2.45, 2.75) is 18.9 Å². The van der Waals surface area contributed by atoms with Gasteiger partial charge in [-0.2, -0.15) is 0 Å². The minimum Gasteiger partial charge on any atom is -0.383 e. The molecule has 0 bridgehead atoms. The summed E-state index contributed by atoms with van der Waals surface area (Å²) in [5.41, 5.74) is 0. The first-order valence-corrected chi connectivity index (χ1v) is 7.28. The molecule has 0 saturated carbocycles. The average Bonchev–Trinajstić information content (AvgIpc) is 2.88. The number of aromatic nitrogens is 1. The normalized spacial score (nSPS) is 18.8. The average molecular weight is 332 g/mol. The first kappa shape index (κ1) is 14.7. The standard InChI is InChI=1S/C13H19BrFN3O/c1-19-6-5-18(9-11-3-2-4-16-11)13-12(15)7-10(14)8-17-13/h7-8,11,16H,2-6,9H2,1H3. The Morgan fingerprint density at radius 2 is 2.47 bits per heavy atom. The van der Waals surface area contributed by atoms with Gasteiger partial charge in [0.15, 0.2) is 11.6 Å². The van der Waals surface area contributed by atoms with E-state index < -0.39 is 0 Å². The number of nitrogens with one attached hydrogen (secondary N) is 1. The Balaban J connectivity index is 2.10. The highest BCUT2D eigenvalue weighted by molar-refractivity contribution is 9.10. The van der Waals surface area contributed by atoms with Crippen LogP contribution in [0.4, 0.5) is 10.2 Å². The Hall–Kier alpha value is -0.720. The van der Waals surface area contributed by atoms with E-state index in [1.807, 2.05) is 4.90 Å². The topological polar surface area (TPSA) is 37.4 Å². The molecule has 1 saturated heterocycles. The second kappa shape index (κ2) is 7.17. The maximum atomic E-state index is 14.0. The fourth-order valence-corrected chi connectivity index (χ4v) is 2.61. The summed E-state index contributed by atoms with van der Waals surface area (Å²) < 4.78 is 19.8. The van der Waals surface area contributed by atoms with Crippen molar-refractivity contribution in [1.29, 1.82) is 0 Å². The van der Waals surface area contributed by atoms with Crippen molar-refractivity contribution in [1.82, 2.24) is 10.3 Å². The largest absolute Gasteiger partial charge is 0.383 e. The van der Waals surface area contributed by atoms with Gasteiger partial charge in [0, 0.05) is 36.9 Å². The van der Waals surface area contributed by atoms with Crippen LogP contribution in [0.25, 0.3) is 0 Å². The van der Waals surface area contributed by atoms with Crippen LogP contribution in [0, 0.1) is 5.82 Å². The molecule has 1 aliphatic heterocycles. The van der Waals surface area contributed by atoms with Crippen LogP contribution in [0.3, 0.4) is 0 Å². The van der Waals surface area contributed by atoms with E-state index in [-0.39, 0.29) is 5.82 Å². The Labute approximate surface area is 121 Å². The van der Waals surface area contributed by atoms with Gasteiger partial charge in [-0.15, -0.1) is 0 Å². The number of pyridine rings is 1. The van der Waals surface area contributed by atoms with Gasteiger partial charge in [-0.1, -0.05) is 0 Å². The number of anilines is 1. The summed E-state index contributed by atoms with van der Waals surface area (Å²) >= 11 is 3.23. The highest BCUT2D eigenvalue weighted by atomic mass is 79.9. The molecule has 1 aromatic heterocycles. The monoisotopic (exact) mass is 331 g/mol. The van der Waals surface area contributed by atoms with Crippen LogP contribution in [-0.2, 0) is 4.74 Å². The van der Waals surface area contributed by atoms with E-state index in [1.54, 1.807) is 13.3 Å². The third-order valence-corrected chi connectivity index (χ3v) is 3.69. The first-order valence-electron chi connectivity index (χ1n) is 6.49. The molecule has 2 heterocycles. The molecular weight excluding hydrogens is 313 g/mol. The summed E-state index contributed by atoms with van der Waals surface area (Å²) in [7, 11) is 1.65. The molecule has 0 aliphatic carbocycles. The summed E-state index contributed by atoms with van der Waals surface area (Å²) in [6, 6.07) is 1.85. The van der Waals surface area contributed by atoms with Crippen molar-refractivity contribution in [3.8, 4) is 0 Å². The van der Waals surface area contributed by atoms with Gasteiger partial charge in [0.2, 0.25) is 0 Å². The van der Waals surface area contributed by atoms with Crippen molar-refractivity contribution < 1.29 is 9.13 Å². The van der Waals surface area contributed by atoms with Crippen molar-refractivity contribution in [2.75, 3.05) is 38.3 Å². The van der Waals surface area contributed by atoms with Gasteiger partial charge in [-0.05, 0) is 41.4 Å². The minimum absolute atomic E-state index is 0.302. The number of nitrogens with zero attached hydrogens (tertiary/aromatic N) is 2. The number of halogens is 2. The van der Waals surface area contributed by atoms with E-state index in [9.17, 15) is 4.39 Å². The predicted molar refractivity (Wildman–Crippen MR) is 77.0 cm³/mol. The lowest BCUT2D eigenvalue weighted by molar-refractivity contribution is 0.204. The fraction of sp³-hybridized carbons (Fsp3) is 0.615. The smallest absolute Gasteiger partial charge is 0.166 e. The summed E-state index contributed by atoms with van der Waals surface area (Å²) in [6.07, 6.45) is 3.93. The van der Waals surface area contributed by atoms with Crippen molar-refractivity contribution >= 4 is 21.7 Å². The Morgan fingerprint density at radius 1 is 1.63 bits per heavy atom. The molecule has 0 spiro atoms. The van der Waals surface area contributed by atoms with E-state index in [2.05, 4.69) is 26.2 Å². The lowest BCUT2D eigenvalue weighted by atomic mass is 10.2. The molecule has 19 heavy (non-hydrogen) atoms. The number of hydrogen-bond acceptors (Lipinski definition) is 4. The van der Waals surface area contributed by atoms with Gasteiger partial charge in [0.25, 0.3) is 0 Å². The highest BCUT2D eigenvalue weighted by Crippen LogP contribution is 2.21. The lowest BCUT2D eigenvalue weighted by Gasteiger charge is -2.27. The van der Waals surface area contributed by atoms with Crippen LogP contribution < -0.4 is 10.2 Å². The number of methoxy groups -OCH3 is 1. The Bertz CT molecular complexity index is 413. The zero-order chi connectivity index (χ0) is 13.7. The summed E-state index contributed by atoms with van der Waals surface area (Å²) in [5.74, 6) is 0.0948. The number of rotatable bonds is 6. The molecule has 1 unspecified atom stereocenters. The Kier molecular flexibility index (Phi) is 5.54. The predicted octanol–water partition coefficient (Wildman–Crippen LogP) is 2.19. The molecule has 0 amide bonds. The van der Waals surface area contributed by atoms with Gasteiger partial charge >= 0.3 is 0 Å². The lowest BCUT2D eigenvalue weighted by Crippen LogP contribution is -2.40. The fourth-order valence-electron chi connectivity index (χ4n) is 2.30. The number of ether oxygens (including phenoxy) is 1. The maximum Gasteiger partial charge on any atom is 0.166 e. The zero-order valence-corrected chi connectivity index (χ0v) is 12.6. The second-order valence-electron chi connectivity index (χ2n) is 4.69. The maximum absolute atomic E-state index is 14.0. The quantitative estimate of drug-likeness (QED) is 0.867. The van der Waals surface area contributed by atoms with Crippen LogP contribution >= 0.6 is 15.9 Å². The van der Waals surface area contributed by atoms with Crippen LogP contribution in [0.15, 0.2) is 16.7 Å². The van der Waals surface area contributed by atoms with Crippen molar-refractivity contribution in [2.24, 2.45) is 0 Å². The molecule has 1 fully saturated rings. The summed E-state index contributed by atoms with van der Waals surface area (Å²) in [4.78, 5) is 6.15. The minimum atomic E-state index is -0.302.